The van der Waals surface area contributed by atoms with Crippen molar-refractivity contribution >= 4 is 19.8 Å². The molecule has 0 radical (unpaired) electrons. The second-order valence-electron chi connectivity index (χ2n) is 16.4. The Morgan fingerprint density at radius 2 is 1.00 bits per heavy atom. The van der Waals surface area contributed by atoms with Crippen LogP contribution in [0.1, 0.15) is 149 Å². The molecule has 0 aromatic heterocycles. The van der Waals surface area contributed by atoms with Crippen LogP contribution in [-0.4, -0.2) is 110 Å². The maximum atomic E-state index is 12.8. The van der Waals surface area contributed by atoms with Crippen LogP contribution in [0.15, 0.2) is 97.2 Å². The molecule has 0 spiro atoms. The lowest BCUT2D eigenvalue weighted by molar-refractivity contribution is -0.220. The molecule has 0 saturated heterocycles. The van der Waals surface area contributed by atoms with Gasteiger partial charge in [-0.05, 0) is 83.5 Å². The highest BCUT2D eigenvalue weighted by molar-refractivity contribution is 7.47. The Bertz CT molecular complexity index is 1540. The second-order valence-corrected chi connectivity index (χ2v) is 17.8. The van der Waals surface area contributed by atoms with E-state index in [9.17, 15) is 49.7 Å². The molecule has 376 valence electrons. The van der Waals surface area contributed by atoms with E-state index in [4.69, 9.17) is 18.5 Å². The van der Waals surface area contributed by atoms with Crippen LogP contribution in [0.2, 0.25) is 0 Å². The summed E-state index contributed by atoms with van der Waals surface area (Å²) >= 11 is 0. The SMILES string of the molecule is CC/C=C\C/C=C\C/C=C\C/C=C\CCCCCCCCC(=O)O[C@H](COC(=O)CCC/C=C\C/C=C\C/C=C\C/C=C\[C@@H](O)CCCC)COP(=O)(O)OC1[C@H](O)[C@H](O)C(O)[C@H](O)[C@H]1O. The number of esters is 2. The van der Waals surface area contributed by atoms with Crippen molar-refractivity contribution < 1.29 is 68.2 Å². The number of aliphatic hydroxyl groups excluding tert-OH is 6. The van der Waals surface area contributed by atoms with Crippen LogP contribution in [0.4, 0.5) is 0 Å². The molecule has 0 aromatic rings. The first-order valence-electron chi connectivity index (χ1n) is 24.1. The third-order valence-corrected chi connectivity index (χ3v) is 11.5. The number of aliphatic hydroxyl groups is 6. The highest BCUT2D eigenvalue weighted by Crippen LogP contribution is 2.47. The molecule has 0 amide bonds. The van der Waals surface area contributed by atoms with E-state index in [2.05, 4.69) is 80.7 Å². The Morgan fingerprint density at radius 1 is 0.545 bits per heavy atom. The average Bonchev–Trinajstić information content (AvgIpc) is 3.30. The lowest BCUT2D eigenvalue weighted by atomic mass is 9.85. The molecule has 0 heterocycles. The number of hydrogen-bond donors (Lipinski definition) is 7. The van der Waals surface area contributed by atoms with Crippen LogP contribution >= 0.6 is 7.82 Å². The summed E-state index contributed by atoms with van der Waals surface area (Å²) in [6.07, 6.45) is 36.4. The van der Waals surface area contributed by atoms with E-state index >= 15 is 0 Å². The van der Waals surface area contributed by atoms with E-state index in [1.807, 2.05) is 30.4 Å². The lowest BCUT2D eigenvalue weighted by Crippen LogP contribution is -2.64. The van der Waals surface area contributed by atoms with Crippen molar-refractivity contribution in [1.82, 2.24) is 0 Å². The highest BCUT2D eigenvalue weighted by Gasteiger charge is 2.51. The Morgan fingerprint density at radius 3 is 1.55 bits per heavy atom. The summed E-state index contributed by atoms with van der Waals surface area (Å²) in [6, 6.07) is 0. The van der Waals surface area contributed by atoms with Crippen molar-refractivity contribution in [3.63, 3.8) is 0 Å². The standard InChI is InChI=1S/C51H83O14P/c1-3-5-7-8-9-10-11-12-13-14-15-16-17-18-23-26-29-32-35-39-45(54)64-43(41-63-66(60,61)65-51-49(58)47(56)46(55)48(57)50(51)59)40-62-44(53)38-34-31-28-25-22-20-19-21-24-27-30-33-37-42(52)36-6-4-2/h5,7,9-10,12-13,15-16,19-20,24-25,27-28,33,37,42-43,46-52,55-59H,3-4,6,8,11,14,17-18,21-23,26,29-32,34-36,38-41H2,1-2H3,(H,60,61)/b7-5-,10-9-,13-12-,16-15-,20-19-,27-24-,28-25-,37-33-/t42-,43+,46?,47-,48+,49+,50+,51?/m0/s1. The summed E-state index contributed by atoms with van der Waals surface area (Å²) in [4.78, 5) is 35.8. The van der Waals surface area contributed by atoms with Gasteiger partial charge in [-0.15, -0.1) is 0 Å². The molecule has 14 nitrogen and oxygen atoms in total. The zero-order chi connectivity index (χ0) is 48.7. The molecular formula is C51H83O14P. The zero-order valence-electron chi connectivity index (χ0n) is 39.6. The third kappa shape index (κ3) is 31.7. The molecule has 1 fully saturated rings. The Labute approximate surface area is 394 Å². The van der Waals surface area contributed by atoms with E-state index in [0.29, 0.717) is 19.3 Å². The number of unbranched alkanes of at least 4 members (excludes halogenated alkanes) is 8. The van der Waals surface area contributed by atoms with Crippen LogP contribution in [0.3, 0.4) is 0 Å². The van der Waals surface area contributed by atoms with Gasteiger partial charge in [0.05, 0.1) is 12.7 Å². The molecule has 0 aliphatic heterocycles. The van der Waals surface area contributed by atoms with Crippen molar-refractivity contribution in [3.05, 3.63) is 97.2 Å². The summed E-state index contributed by atoms with van der Waals surface area (Å²) in [5, 5.41) is 60.0. The van der Waals surface area contributed by atoms with Crippen LogP contribution in [0.5, 0.6) is 0 Å². The van der Waals surface area contributed by atoms with Gasteiger partial charge in [0.15, 0.2) is 6.10 Å². The topological polar surface area (TPSA) is 230 Å². The van der Waals surface area contributed by atoms with Gasteiger partial charge in [0.1, 0.15) is 43.2 Å². The first-order chi connectivity index (χ1) is 31.8. The molecule has 1 saturated carbocycles. The normalized spacial score (nSPS) is 22.6. The smallest absolute Gasteiger partial charge is 0.462 e. The monoisotopic (exact) mass is 951 g/mol. The average molecular weight is 951 g/mol. The van der Waals surface area contributed by atoms with Gasteiger partial charge in [-0.2, -0.15) is 0 Å². The molecule has 15 heteroatoms. The first-order valence-corrected chi connectivity index (χ1v) is 25.6. The predicted octanol–water partition coefficient (Wildman–Crippen LogP) is 8.80. The molecule has 7 N–H and O–H groups in total. The number of rotatable bonds is 38. The van der Waals surface area contributed by atoms with Crippen molar-refractivity contribution in [2.45, 2.75) is 198 Å². The molecule has 1 rings (SSSR count). The number of allylic oxidation sites excluding steroid dienone is 15. The zero-order valence-corrected chi connectivity index (χ0v) is 40.4. The minimum absolute atomic E-state index is 0.0547. The molecule has 3 unspecified atom stereocenters. The second kappa shape index (κ2) is 39.7. The predicted molar refractivity (Wildman–Crippen MR) is 259 cm³/mol. The van der Waals surface area contributed by atoms with E-state index < -0.39 is 75.7 Å². The van der Waals surface area contributed by atoms with Crippen molar-refractivity contribution in [1.29, 1.82) is 0 Å². The number of phosphoric acid groups is 1. The van der Waals surface area contributed by atoms with E-state index in [-0.39, 0.29) is 18.9 Å². The summed E-state index contributed by atoms with van der Waals surface area (Å²) in [5.74, 6) is -1.21. The van der Waals surface area contributed by atoms with Crippen LogP contribution < -0.4 is 0 Å². The maximum absolute atomic E-state index is 12.8. The molecule has 66 heavy (non-hydrogen) atoms. The molecule has 1 aliphatic carbocycles. The van der Waals surface area contributed by atoms with E-state index in [1.54, 1.807) is 0 Å². The maximum Gasteiger partial charge on any atom is 0.472 e. The van der Waals surface area contributed by atoms with E-state index in [0.717, 1.165) is 103 Å². The van der Waals surface area contributed by atoms with Crippen molar-refractivity contribution in [2.75, 3.05) is 13.2 Å². The van der Waals surface area contributed by atoms with Gasteiger partial charge < -0.3 is 45.0 Å². The minimum Gasteiger partial charge on any atom is -0.462 e. The molecule has 0 bridgehead atoms. The number of ether oxygens (including phenoxy) is 2. The Hall–Kier alpha value is -3.27. The fourth-order valence-corrected chi connectivity index (χ4v) is 7.55. The van der Waals surface area contributed by atoms with Gasteiger partial charge in [0.2, 0.25) is 0 Å². The fourth-order valence-electron chi connectivity index (χ4n) is 6.58. The van der Waals surface area contributed by atoms with E-state index in [1.165, 1.54) is 0 Å². The van der Waals surface area contributed by atoms with Crippen molar-refractivity contribution in [2.24, 2.45) is 0 Å². The minimum atomic E-state index is -5.15. The van der Waals surface area contributed by atoms with Crippen LogP contribution in [0, 0.1) is 0 Å². The molecule has 0 aromatic carbocycles. The summed E-state index contributed by atoms with van der Waals surface area (Å²) in [6.45, 7) is 2.96. The number of phosphoric ester groups is 1. The molecule has 9 atom stereocenters. The van der Waals surface area contributed by atoms with Gasteiger partial charge >= 0.3 is 19.8 Å². The summed E-state index contributed by atoms with van der Waals surface area (Å²) in [7, 11) is -5.15. The molecule has 1 aliphatic rings. The Kier molecular flexibility index (Phi) is 36.5. The number of hydrogen-bond acceptors (Lipinski definition) is 13. The van der Waals surface area contributed by atoms with Gasteiger partial charge in [-0.3, -0.25) is 18.6 Å². The first kappa shape index (κ1) is 60.7. The lowest BCUT2D eigenvalue weighted by Gasteiger charge is -2.41. The Balaban J connectivity index is 2.51. The number of carbonyl (C=O) groups is 2. The summed E-state index contributed by atoms with van der Waals surface area (Å²) in [5.41, 5.74) is 0. The quantitative estimate of drug-likeness (QED) is 0.0133. The van der Waals surface area contributed by atoms with Crippen LogP contribution in [0.25, 0.3) is 0 Å². The van der Waals surface area contributed by atoms with Gasteiger partial charge in [-0.25, -0.2) is 4.57 Å². The summed E-state index contributed by atoms with van der Waals surface area (Å²) < 4.78 is 33.5. The third-order valence-electron chi connectivity index (χ3n) is 10.5. The highest BCUT2D eigenvalue weighted by atomic mass is 31.2. The van der Waals surface area contributed by atoms with Crippen LogP contribution in [-0.2, 0) is 32.7 Å². The van der Waals surface area contributed by atoms with Gasteiger partial charge in [-0.1, -0.05) is 150 Å². The van der Waals surface area contributed by atoms with Gasteiger partial charge in [0.25, 0.3) is 0 Å². The molecular weight excluding hydrogens is 868 g/mol. The fraction of sp³-hybridized carbons (Fsp3) is 0.647. The largest absolute Gasteiger partial charge is 0.472 e. The number of carbonyl (C=O) groups excluding carboxylic acids is 2. The van der Waals surface area contributed by atoms with Gasteiger partial charge in [0, 0.05) is 12.8 Å². The van der Waals surface area contributed by atoms with Crippen molar-refractivity contribution in [3.8, 4) is 0 Å².